The summed E-state index contributed by atoms with van der Waals surface area (Å²) < 4.78 is 1.94. The maximum Gasteiger partial charge on any atom is 0.267 e. The Bertz CT molecular complexity index is 358. The van der Waals surface area contributed by atoms with Gasteiger partial charge in [0.05, 0.1) is 6.10 Å². The zero-order valence-electron chi connectivity index (χ0n) is 10.8. The molecule has 1 atom stereocenters. The number of aliphatic hydroxyl groups excluding tert-OH is 1. The van der Waals surface area contributed by atoms with Crippen molar-refractivity contribution in [2.75, 3.05) is 6.54 Å². The topological polar surface area (TPSA) is 54.3 Å². The number of carbonyl (C=O) groups excluding carboxylic acids is 1. The molecule has 1 rings (SSSR count). The quantitative estimate of drug-likeness (QED) is 0.796. The van der Waals surface area contributed by atoms with Gasteiger partial charge in [-0.15, -0.1) is 0 Å². The van der Waals surface area contributed by atoms with Crippen LogP contribution in [0.4, 0.5) is 0 Å². The number of nitrogens with zero attached hydrogens (tertiary/aromatic N) is 1. The molecule has 0 saturated carbocycles. The molecular formula is C13H22N2O2. The molecule has 1 unspecified atom stereocenters. The van der Waals surface area contributed by atoms with Crippen LogP contribution in [-0.4, -0.2) is 28.2 Å². The average Bonchev–Trinajstić information content (AvgIpc) is 2.77. The first-order valence-corrected chi connectivity index (χ1v) is 6.19. The molecule has 4 nitrogen and oxygen atoms in total. The maximum absolute atomic E-state index is 11.9. The fourth-order valence-corrected chi connectivity index (χ4v) is 1.68. The van der Waals surface area contributed by atoms with Crippen molar-refractivity contribution in [1.29, 1.82) is 0 Å². The summed E-state index contributed by atoms with van der Waals surface area (Å²) in [7, 11) is 0. The fourth-order valence-electron chi connectivity index (χ4n) is 1.68. The first-order chi connectivity index (χ1) is 8.06. The van der Waals surface area contributed by atoms with Crippen LogP contribution in [0.15, 0.2) is 18.3 Å². The number of nitrogens with one attached hydrogen (secondary N) is 1. The Labute approximate surface area is 103 Å². The van der Waals surface area contributed by atoms with E-state index in [-0.39, 0.29) is 18.1 Å². The van der Waals surface area contributed by atoms with Crippen molar-refractivity contribution in [3.63, 3.8) is 0 Å². The predicted molar refractivity (Wildman–Crippen MR) is 68.1 cm³/mol. The van der Waals surface area contributed by atoms with E-state index in [0.29, 0.717) is 18.7 Å². The zero-order valence-corrected chi connectivity index (χ0v) is 10.8. The molecule has 0 fully saturated rings. The molecular weight excluding hydrogens is 216 g/mol. The van der Waals surface area contributed by atoms with Gasteiger partial charge in [-0.25, -0.2) is 0 Å². The second-order valence-electron chi connectivity index (χ2n) is 4.50. The lowest BCUT2D eigenvalue weighted by molar-refractivity contribution is 0.0931. The summed E-state index contributed by atoms with van der Waals surface area (Å²) in [5, 5.41) is 12.2. The monoisotopic (exact) mass is 238 g/mol. The van der Waals surface area contributed by atoms with Crippen molar-refractivity contribution in [2.45, 2.75) is 45.8 Å². The largest absolute Gasteiger partial charge is 0.393 e. The van der Waals surface area contributed by atoms with E-state index in [1.807, 2.05) is 43.7 Å². The molecule has 96 valence electrons. The number of hydrogen-bond donors (Lipinski definition) is 2. The van der Waals surface area contributed by atoms with Crippen LogP contribution < -0.4 is 5.32 Å². The zero-order chi connectivity index (χ0) is 12.8. The number of rotatable bonds is 6. The van der Waals surface area contributed by atoms with Gasteiger partial charge in [-0.05, 0) is 38.8 Å². The summed E-state index contributed by atoms with van der Waals surface area (Å²) in [6.07, 6.45) is 2.90. The van der Waals surface area contributed by atoms with Gasteiger partial charge >= 0.3 is 0 Å². The highest BCUT2D eigenvalue weighted by atomic mass is 16.3. The van der Waals surface area contributed by atoms with Gasteiger partial charge in [0.2, 0.25) is 0 Å². The minimum absolute atomic E-state index is 0.0768. The lowest BCUT2D eigenvalue weighted by Crippen LogP contribution is -2.29. The summed E-state index contributed by atoms with van der Waals surface area (Å²) in [6, 6.07) is 3.95. The van der Waals surface area contributed by atoms with Gasteiger partial charge in [-0.3, -0.25) is 4.79 Å². The van der Waals surface area contributed by atoms with E-state index < -0.39 is 0 Å². The van der Waals surface area contributed by atoms with Gasteiger partial charge in [-0.1, -0.05) is 6.92 Å². The molecule has 0 saturated heterocycles. The Balaban J connectivity index is 2.50. The van der Waals surface area contributed by atoms with E-state index >= 15 is 0 Å². The number of aliphatic hydroxyl groups is 1. The van der Waals surface area contributed by atoms with Crippen LogP contribution in [0.25, 0.3) is 0 Å². The summed E-state index contributed by atoms with van der Waals surface area (Å²) in [5.74, 6) is -0.0768. The Hall–Kier alpha value is -1.29. The third kappa shape index (κ3) is 3.89. The summed E-state index contributed by atoms with van der Waals surface area (Å²) in [5.41, 5.74) is 0.672. The molecule has 4 heteroatoms. The van der Waals surface area contributed by atoms with Crippen molar-refractivity contribution < 1.29 is 9.90 Å². The maximum atomic E-state index is 11.9. The molecule has 0 spiro atoms. The predicted octanol–water partition coefficient (Wildman–Crippen LogP) is 1.96. The van der Waals surface area contributed by atoms with E-state index in [1.165, 1.54) is 0 Å². The van der Waals surface area contributed by atoms with Crippen LogP contribution in [0.2, 0.25) is 0 Å². The highest BCUT2D eigenvalue weighted by Gasteiger charge is 2.12. The Morgan fingerprint density at radius 3 is 2.82 bits per heavy atom. The van der Waals surface area contributed by atoms with Crippen molar-refractivity contribution in [2.24, 2.45) is 0 Å². The number of hydrogen-bond acceptors (Lipinski definition) is 2. The molecule has 0 aliphatic carbocycles. The van der Waals surface area contributed by atoms with Crippen LogP contribution in [0.1, 0.15) is 50.1 Å². The van der Waals surface area contributed by atoms with E-state index in [1.54, 1.807) is 0 Å². The SMILES string of the molecule is CCC(O)CCNC(=O)c1cccn1C(C)C. The molecule has 0 aliphatic rings. The van der Waals surface area contributed by atoms with Gasteiger partial charge in [0.25, 0.3) is 5.91 Å². The van der Waals surface area contributed by atoms with Crippen LogP contribution >= 0.6 is 0 Å². The second-order valence-corrected chi connectivity index (χ2v) is 4.50. The highest BCUT2D eigenvalue weighted by Crippen LogP contribution is 2.10. The first kappa shape index (κ1) is 13.8. The first-order valence-electron chi connectivity index (χ1n) is 6.19. The summed E-state index contributed by atoms with van der Waals surface area (Å²) in [4.78, 5) is 11.9. The minimum Gasteiger partial charge on any atom is -0.393 e. The molecule has 0 aliphatic heterocycles. The fraction of sp³-hybridized carbons (Fsp3) is 0.615. The molecule has 2 N–H and O–H groups in total. The van der Waals surface area contributed by atoms with E-state index in [2.05, 4.69) is 5.32 Å². The normalized spacial score (nSPS) is 12.8. The lowest BCUT2D eigenvalue weighted by atomic mass is 10.2. The van der Waals surface area contributed by atoms with Crippen LogP contribution in [-0.2, 0) is 0 Å². The van der Waals surface area contributed by atoms with Crippen molar-refractivity contribution >= 4 is 5.91 Å². The average molecular weight is 238 g/mol. The molecule has 17 heavy (non-hydrogen) atoms. The van der Waals surface area contributed by atoms with Crippen LogP contribution in [0.5, 0.6) is 0 Å². The number of carbonyl (C=O) groups is 1. The van der Waals surface area contributed by atoms with Crippen LogP contribution in [0.3, 0.4) is 0 Å². The number of aromatic nitrogens is 1. The molecule has 0 radical (unpaired) electrons. The molecule has 1 amide bonds. The standard InChI is InChI=1S/C13H22N2O2/c1-4-11(16)7-8-14-13(17)12-6-5-9-15(12)10(2)3/h5-6,9-11,16H,4,7-8H2,1-3H3,(H,14,17). The Morgan fingerprint density at radius 2 is 2.24 bits per heavy atom. The molecule has 0 bridgehead atoms. The third-order valence-electron chi connectivity index (χ3n) is 2.80. The van der Waals surface area contributed by atoms with Crippen molar-refractivity contribution in [3.05, 3.63) is 24.0 Å². The number of amides is 1. The molecule has 1 aromatic heterocycles. The van der Waals surface area contributed by atoms with Crippen molar-refractivity contribution in [3.8, 4) is 0 Å². The van der Waals surface area contributed by atoms with Crippen molar-refractivity contribution in [1.82, 2.24) is 9.88 Å². The van der Waals surface area contributed by atoms with Gasteiger partial charge in [0, 0.05) is 18.8 Å². The van der Waals surface area contributed by atoms with Gasteiger partial charge < -0.3 is 15.0 Å². The Kier molecular flexibility index (Phi) is 5.22. The van der Waals surface area contributed by atoms with Gasteiger partial charge in [0.1, 0.15) is 5.69 Å². The smallest absolute Gasteiger partial charge is 0.267 e. The Morgan fingerprint density at radius 1 is 1.53 bits per heavy atom. The van der Waals surface area contributed by atoms with Gasteiger partial charge in [0.15, 0.2) is 0 Å². The second kappa shape index (κ2) is 6.45. The highest BCUT2D eigenvalue weighted by molar-refractivity contribution is 5.92. The minimum atomic E-state index is -0.327. The van der Waals surface area contributed by atoms with Crippen LogP contribution in [0, 0.1) is 0 Å². The van der Waals surface area contributed by atoms with E-state index in [4.69, 9.17) is 0 Å². The van der Waals surface area contributed by atoms with Gasteiger partial charge in [-0.2, -0.15) is 0 Å². The molecule has 0 aromatic carbocycles. The van der Waals surface area contributed by atoms with E-state index in [9.17, 15) is 9.90 Å². The molecule has 1 heterocycles. The third-order valence-corrected chi connectivity index (χ3v) is 2.80. The lowest BCUT2D eigenvalue weighted by Gasteiger charge is -2.13. The summed E-state index contributed by atoms with van der Waals surface area (Å²) >= 11 is 0. The van der Waals surface area contributed by atoms with E-state index in [0.717, 1.165) is 6.42 Å². The summed E-state index contributed by atoms with van der Waals surface area (Å²) in [6.45, 7) is 6.52. The molecule has 1 aromatic rings.